The Morgan fingerprint density at radius 1 is 1.02 bits per heavy atom. The standard InChI is InChI=1S/C30H24N2O8/c1-14-11-23(34)27-21(28(14)35)13-20-18(25(27)15-3-10-22(33)24(12-15)40-2)8-9-19-26(20)30(37)31(29(19)36)16-4-6-17(7-5-16)32(38)39/h3-8,10-12,19-20,25-26,33H,9,13H2,1-2H3. The number of nitrogens with zero attached hydrogens (tertiary/aromatic N) is 2. The Bertz CT molecular complexity index is 1630. The number of anilines is 1. The number of aromatic hydroxyl groups is 1. The number of fused-ring (bicyclic) bond motifs is 3. The number of amides is 2. The Hall–Kier alpha value is -4.86. The van der Waals surface area contributed by atoms with Crippen LogP contribution in [-0.2, 0) is 19.2 Å². The zero-order valence-corrected chi connectivity index (χ0v) is 21.6. The van der Waals surface area contributed by atoms with Gasteiger partial charge in [0, 0.05) is 34.8 Å². The summed E-state index contributed by atoms with van der Waals surface area (Å²) in [7, 11) is 1.41. The van der Waals surface area contributed by atoms with Gasteiger partial charge in [0.25, 0.3) is 5.69 Å². The van der Waals surface area contributed by atoms with Gasteiger partial charge in [-0.25, -0.2) is 0 Å². The number of nitro benzene ring substituents is 1. The van der Waals surface area contributed by atoms with Crippen LogP contribution in [0.2, 0.25) is 0 Å². The minimum atomic E-state index is -0.771. The molecule has 2 aromatic carbocycles. The number of Topliss-reactive ketones (excluding diaryl/α,β-unsaturated/α-hetero) is 1. The van der Waals surface area contributed by atoms with Crippen LogP contribution < -0.4 is 9.64 Å². The van der Waals surface area contributed by atoms with Crippen molar-refractivity contribution in [2.75, 3.05) is 12.0 Å². The number of carbonyl (C=O) groups is 4. The maximum atomic E-state index is 13.9. The summed E-state index contributed by atoms with van der Waals surface area (Å²) in [5.74, 6) is -3.90. The van der Waals surface area contributed by atoms with E-state index in [-0.39, 0.29) is 47.3 Å². The molecule has 1 saturated heterocycles. The SMILES string of the molecule is COc1cc(C2C3=CCC4C(=O)N(c5ccc([N+](=O)[O-])cc5)C(=O)C4C3CC3=C2C(=O)C=C(C)C3=O)ccc1O. The number of non-ortho nitro benzene ring substituents is 1. The number of hydrogen-bond acceptors (Lipinski definition) is 8. The van der Waals surface area contributed by atoms with Gasteiger partial charge in [-0.2, -0.15) is 0 Å². The molecule has 0 saturated carbocycles. The molecule has 202 valence electrons. The number of methoxy groups -OCH3 is 1. The highest BCUT2D eigenvalue weighted by atomic mass is 16.6. The summed E-state index contributed by atoms with van der Waals surface area (Å²) in [6.07, 6.45) is 3.62. The van der Waals surface area contributed by atoms with Crippen molar-refractivity contribution in [3.8, 4) is 11.5 Å². The second-order valence-corrected chi connectivity index (χ2v) is 10.4. The summed E-state index contributed by atoms with van der Waals surface area (Å²) in [5.41, 5.74) is 2.46. The molecule has 2 amide bonds. The third kappa shape index (κ3) is 3.63. The lowest BCUT2D eigenvalue weighted by Crippen LogP contribution is -2.39. The van der Waals surface area contributed by atoms with Gasteiger partial charge in [-0.05, 0) is 61.6 Å². The highest BCUT2D eigenvalue weighted by Gasteiger charge is 2.56. The van der Waals surface area contributed by atoms with Crippen LogP contribution in [0.25, 0.3) is 0 Å². The van der Waals surface area contributed by atoms with Crippen molar-refractivity contribution in [2.45, 2.75) is 25.7 Å². The fourth-order valence-corrected chi connectivity index (χ4v) is 6.61. The molecule has 0 bridgehead atoms. The number of rotatable bonds is 4. The van der Waals surface area contributed by atoms with Crippen LogP contribution in [0.3, 0.4) is 0 Å². The van der Waals surface area contributed by atoms with Crippen LogP contribution in [0, 0.1) is 27.9 Å². The number of benzene rings is 2. The summed E-state index contributed by atoms with van der Waals surface area (Å²) >= 11 is 0. The molecule has 2 aromatic rings. The maximum absolute atomic E-state index is 13.9. The average molecular weight is 541 g/mol. The number of ketones is 2. The summed E-state index contributed by atoms with van der Waals surface area (Å²) in [5, 5.41) is 21.3. The van der Waals surface area contributed by atoms with Gasteiger partial charge in [0.05, 0.1) is 29.6 Å². The molecule has 0 radical (unpaired) electrons. The van der Waals surface area contributed by atoms with Crippen molar-refractivity contribution < 1.29 is 33.9 Å². The van der Waals surface area contributed by atoms with Gasteiger partial charge in [-0.1, -0.05) is 17.7 Å². The van der Waals surface area contributed by atoms with E-state index in [1.54, 1.807) is 19.1 Å². The van der Waals surface area contributed by atoms with Crippen LogP contribution in [-0.4, -0.2) is 40.5 Å². The average Bonchev–Trinajstić information content (AvgIpc) is 3.20. The molecule has 4 unspecified atom stereocenters. The normalized spacial score (nSPS) is 25.7. The maximum Gasteiger partial charge on any atom is 0.269 e. The molecule has 0 aromatic heterocycles. The second-order valence-electron chi connectivity index (χ2n) is 10.4. The smallest absolute Gasteiger partial charge is 0.269 e. The Morgan fingerprint density at radius 2 is 1.75 bits per heavy atom. The molecule has 1 N–H and O–H groups in total. The fraction of sp³-hybridized carbons (Fsp3) is 0.267. The van der Waals surface area contributed by atoms with Crippen molar-refractivity contribution in [1.82, 2.24) is 0 Å². The van der Waals surface area contributed by atoms with E-state index < -0.39 is 40.4 Å². The van der Waals surface area contributed by atoms with Gasteiger partial charge < -0.3 is 9.84 Å². The van der Waals surface area contributed by atoms with Crippen molar-refractivity contribution in [3.63, 3.8) is 0 Å². The lowest BCUT2D eigenvalue weighted by Gasteiger charge is -2.42. The summed E-state index contributed by atoms with van der Waals surface area (Å²) in [6, 6.07) is 9.99. The summed E-state index contributed by atoms with van der Waals surface area (Å²) in [4.78, 5) is 65.7. The molecule has 1 aliphatic heterocycles. The zero-order chi connectivity index (χ0) is 28.5. The summed E-state index contributed by atoms with van der Waals surface area (Å²) in [6.45, 7) is 1.58. The highest BCUT2D eigenvalue weighted by Crippen LogP contribution is 2.55. The Labute approximate surface area is 228 Å². The first-order valence-electron chi connectivity index (χ1n) is 12.8. The van der Waals surface area contributed by atoms with Gasteiger partial charge in [0.15, 0.2) is 23.1 Å². The van der Waals surface area contributed by atoms with Gasteiger partial charge in [-0.3, -0.25) is 34.2 Å². The molecule has 10 nitrogen and oxygen atoms in total. The Morgan fingerprint density at radius 3 is 2.42 bits per heavy atom. The number of nitro groups is 1. The Kier molecular flexibility index (Phi) is 5.79. The predicted molar refractivity (Wildman–Crippen MR) is 142 cm³/mol. The minimum Gasteiger partial charge on any atom is -0.504 e. The molecule has 10 heteroatoms. The molecule has 1 fully saturated rings. The van der Waals surface area contributed by atoms with Crippen molar-refractivity contribution in [3.05, 3.63) is 92.6 Å². The molecule has 0 spiro atoms. The largest absolute Gasteiger partial charge is 0.504 e. The number of phenolic OH excluding ortho intramolecular Hbond substituents is 1. The van der Waals surface area contributed by atoms with Crippen LogP contribution in [0.15, 0.2) is 76.9 Å². The van der Waals surface area contributed by atoms with Crippen molar-refractivity contribution in [2.24, 2.45) is 17.8 Å². The number of ether oxygens (including phenoxy) is 1. The Balaban J connectivity index is 1.46. The zero-order valence-electron chi connectivity index (χ0n) is 21.6. The van der Waals surface area contributed by atoms with Crippen LogP contribution in [0.1, 0.15) is 31.2 Å². The fourth-order valence-electron chi connectivity index (χ4n) is 6.61. The molecule has 6 rings (SSSR count). The third-order valence-corrected chi connectivity index (χ3v) is 8.42. The molecule has 40 heavy (non-hydrogen) atoms. The monoisotopic (exact) mass is 540 g/mol. The topological polar surface area (TPSA) is 144 Å². The number of phenols is 1. The molecule has 4 aliphatic rings. The lowest BCUT2D eigenvalue weighted by atomic mass is 9.59. The van der Waals surface area contributed by atoms with Gasteiger partial charge >= 0.3 is 0 Å². The van der Waals surface area contributed by atoms with Gasteiger partial charge in [0.1, 0.15) is 0 Å². The van der Waals surface area contributed by atoms with Crippen molar-refractivity contribution in [1.29, 1.82) is 0 Å². The van der Waals surface area contributed by atoms with Crippen LogP contribution >= 0.6 is 0 Å². The van der Waals surface area contributed by atoms with E-state index in [0.717, 1.165) is 10.5 Å². The van der Waals surface area contributed by atoms with E-state index in [2.05, 4.69) is 0 Å². The van der Waals surface area contributed by atoms with Gasteiger partial charge in [0.2, 0.25) is 11.8 Å². The highest BCUT2D eigenvalue weighted by molar-refractivity contribution is 6.25. The third-order valence-electron chi connectivity index (χ3n) is 8.42. The van der Waals surface area contributed by atoms with E-state index in [1.165, 1.54) is 43.5 Å². The first-order valence-corrected chi connectivity index (χ1v) is 12.8. The number of imide groups is 1. The molecule has 1 heterocycles. The van der Waals surface area contributed by atoms with E-state index >= 15 is 0 Å². The number of hydrogen-bond donors (Lipinski definition) is 1. The first-order chi connectivity index (χ1) is 19.1. The number of carbonyl (C=O) groups excluding carboxylic acids is 4. The van der Waals surface area contributed by atoms with Crippen LogP contribution in [0.5, 0.6) is 11.5 Å². The van der Waals surface area contributed by atoms with E-state index in [1.807, 2.05) is 6.08 Å². The minimum absolute atomic E-state index is 0.0809. The molecular formula is C30H24N2O8. The van der Waals surface area contributed by atoms with Gasteiger partial charge in [-0.15, -0.1) is 0 Å². The first kappa shape index (κ1) is 25.4. The second kappa shape index (κ2) is 9.11. The molecule has 3 aliphatic carbocycles. The van der Waals surface area contributed by atoms with E-state index in [9.17, 15) is 34.4 Å². The quantitative estimate of drug-likeness (QED) is 0.202. The predicted octanol–water partition coefficient (Wildman–Crippen LogP) is 3.94. The van der Waals surface area contributed by atoms with Crippen LogP contribution in [0.4, 0.5) is 11.4 Å². The lowest BCUT2D eigenvalue weighted by molar-refractivity contribution is -0.384. The number of allylic oxidation sites excluding steroid dienone is 6. The summed E-state index contributed by atoms with van der Waals surface area (Å²) < 4.78 is 5.30. The molecular weight excluding hydrogens is 516 g/mol. The van der Waals surface area contributed by atoms with E-state index in [0.29, 0.717) is 22.3 Å². The van der Waals surface area contributed by atoms with E-state index in [4.69, 9.17) is 4.74 Å². The molecule has 4 atom stereocenters. The van der Waals surface area contributed by atoms with Crippen molar-refractivity contribution >= 4 is 34.8 Å².